The Balaban J connectivity index is 1.88. The minimum atomic E-state index is -1.75. The molecule has 1 aromatic heterocycles. The van der Waals surface area contributed by atoms with Crippen LogP contribution in [0.1, 0.15) is 22.6 Å². The molecule has 0 bridgehead atoms. The third-order valence-electron chi connectivity index (χ3n) is 4.38. The molecular weight excluding hydrogens is 344 g/mol. The molecule has 1 fully saturated rings. The third kappa shape index (κ3) is 2.88. The van der Waals surface area contributed by atoms with Gasteiger partial charge in [-0.1, -0.05) is 11.3 Å². The van der Waals surface area contributed by atoms with E-state index in [-0.39, 0.29) is 30.9 Å². The van der Waals surface area contributed by atoms with Crippen molar-refractivity contribution in [3.63, 3.8) is 0 Å². The maximum absolute atomic E-state index is 12.6. The quantitative estimate of drug-likeness (QED) is 0.552. The summed E-state index contributed by atoms with van der Waals surface area (Å²) in [5, 5.41) is 28.8. The summed E-state index contributed by atoms with van der Waals surface area (Å²) in [7, 11) is 0. The van der Waals surface area contributed by atoms with Gasteiger partial charge < -0.3 is 15.7 Å². The second-order valence-electron chi connectivity index (χ2n) is 6.08. The van der Waals surface area contributed by atoms with Gasteiger partial charge in [0, 0.05) is 25.1 Å². The van der Waals surface area contributed by atoms with Gasteiger partial charge in [0.2, 0.25) is 0 Å². The normalized spacial score (nSPS) is 19.5. The van der Waals surface area contributed by atoms with Crippen LogP contribution in [0.3, 0.4) is 0 Å². The molecule has 3 N–H and O–H groups in total. The van der Waals surface area contributed by atoms with Crippen LogP contribution in [0.25, 0.3) is 5.69 Å². The molecule has 1 aromatic carbocycles. The first-order valence-corrected chi connectivity index (χ1v) is 7.71. The van der Waals surface area contributed by atoms with E-state index in [0.717, 1.165) is 0 Å². The Hall–Kier alpha value is -3.34. The van der Waals surface area contributed by atoms with Gasteiger partial charge in [0.1, 0.15) is 0 Å². The smallest absolute Gasteiger partial charge is 0.276 e. The van der Waals surface area contributed by atoms with Crippen molar-refractivity contribution < 1.29 is 19.6 Å². The number of primary amides is 1. The molecule has 2 amide bonds. The molecule has 0 spiro atoms. The van der Waals surface area contributed by atoms with Crippen molar-refractivity contribution in [3.05, 3.63) is 45.8 Å². The van der Waals surface area contributed by atoms with E-state index in [1.165, 1.54) is 27.8 Å². The molecule has 11 heteroatoms. The summed E-state index contributed by atoms with van der Waals surface area (Å²) in [5.74, 6) is -1.39. The molecule has 0 saturated carbocycles. The fourth-order valence-electron chi connectivity index (χ4n) is 2.83. The Morgan fingerprint density at radius 1 is 1.42 bits per heavy atom. The molecule has 26 heavy (non-hydrogen) atoms. The zero-order valence-electron chi connectivity index (χ0n) is 13.8. The molecule has 136 valence electrons. The summed E-state index contributed by atoms with van der Waals surface area (Å²) >= 11 is 0. The van der Waals surface area contributed by atoms with Gasteiger partial charge in [0.25, 0.3) is 17.5 Å². The highest BCUT2D eigenvalue weighted by atomic mass is 16.6. The van der Waals surface area contributed by atoms with Gasteiger partial charge in [0.15, 0.2) is 11.3 Å². The number of β-amino-alcohol motifs (C(OH)–C–C–N with tert-alkyl or cyclic N) is 1. The van der Waals surface area contributed by atoms with E-state index in [2.05, 4.69) is 10.3 Å². The zero-order chi connectivity index (χ0) is 19.1. The predicted octanol–water partition coefficient (Wildman–Crippen LogP) is -0.454. The molecule has 3 rings (SSSR count). The number of non-ortho nitro benzene ring substituents is 1. The number of aromatic nitrogens is 3. The van der Waals surface area contributed by atoms with Gasteiger partial charge >= 0.3 is 0 Å². The number of carbonyl (C=O) groups excluding carboxylic acids is 2. The summed E-state index contributed by atoms with van der Waals surface area (Å²) in [6.45, 7) is 1.54. The molecule has 1 saturated heterocycles. The number of rotatable bonds is 4. The lowest BCUT2D eigenvalue weighted by molar-refractivity contribution is -0.384. The van der Waals surface area contributed by atoms with E-state index in [1.807, 2.05) is 0 Å². The van der Waals surface area contributed by atoms with Crippen LogP contribution in [0.5, 0.6) is 0 Å². The Morgan fingerprint density at radius 3 is 2.77 bits per heavy atom. The van der Waals surface area contributed by atoms with E-state index >= 15 is 0 Å². The lowest BCUT2D eigenvalue weighted by Crippen LogP contribution is -2.46. The van der Waals surface area contributed by atoms with Gasteiger partial charge in [0.05, 0.1) is 22.8 Å². The van der Waals surface area contributed by atoms with Gasteiger partial charge in [-0.25, -0.2) is 4.68 Å². The van der Waals surface area contributed by atoms with Gasteiger partial charge in [-0.15, -0.1) is 5.10 Å². The van der Waals surface area contributed by atoms with Gasteiger partial charge in [-0.05, 0) is 13.0 Å². The Bertz CT molecular complexity index is 910. The van der Waals surface area contributed by atoms with Crippen molar-refractivity contribution in [2.24, 2.45) is 5.73 Å². The molecule has 1 aliphatic heterocycles. The van der Waals surface area contributed by atoms with Gasteiger partial charge in [-0.2, -0.15) is 0 Å². The SMILES string of the molecule is Cc1c(C(=O)N2CCC(O)(C(N)=O)C2)nnn1-c1cccc([N+](=O)[O-])c1. The van der Waals surface area contributed by atoms with Crippen LogP contribution in [-0.2, 0) is 4.79 Å². The maximum Gasteiger partial charge on any atom is 0.276 e. The van der Waals surface area contributed by atoms with E-state index in [1.54, 1.807) is 13.0 Å². The molecule has 0 aliphatic carbocycles. The first-order valence-electron chi connectivity index (χ1n) is 7.71. The van der Waals surface area contributed by atoms with Crippen molar-refractivity contribution in [2.75, 3.05) is 13.1 Å². The zero-order valence-corrected chi connectivity index (χ0v) is 13.8. The van der Waals surface area contributed by atoms with Crippen LogP contribution < -0.4 is 5.73 Å². The van der Waals surface area contributed by atoms with Crippen molar-refractivity contribution in [1.82, 2.24) is 19.9 Å². The molecule has 11 nitrogen and oxygen atoms in total. The summed E-state index contributed by atoms with van der Waals surface area (Å²) < 4.78 is 1.32. The number of benzene rings is 1. The van der Waals surface area contributed by atoms with Crippen LogP contribution >= 0.6 is 0 Å². The number of nitro benzene ring substituents is 1. The highest BCUT2D eigenvalue weighted by Gasteiger charge is 2.44. The Labute approximate surface area is 147 Å². The van der Waals surface area contributed by atoms with E-state index in [9.17, 15) is 24.8 Å². The Kier molecular flexibility index (Phi) is 4.16. The monoisotopic (exact) mass is 360 g/mol. The summed E-state index contributed by atoms with van der Waals surface area (Å²) in [6, 6.07) is 5.77. The van der Waals surface area contributed by atoms with E-state index in [4.69, 9.17) is 5.73 Å². The number of nitrogens with zero attached hydrogens (tertiary/aromatic N) is 5. The number of carbonyl (C=O) groups is 2. The van der Waals surface area contributed by atoms with Crippen LogP contribution in [0.15, 0.2) is 24.3 Å². The fraction of sp³-hybridized carbons (Fsp3) is 0.333. The number of hydrogen-bond donors (Lipinski definition) is 2. The van der Waals surface area contributed by atoms with E-state index in [0.29, 0.717) is 11.4 Å². The summed E-state index contributed by atoms with van der Waals surface area (Å²) in [4.78, 5) is 35.6. The maximum atomic E-state index is 12.6. The fourth-order valence-corrected chi connectivity index (χ4v) is 2.83. The van der Waals surface area contributed by atoms with Crippen LogP contribution in [0, 0.1) is 17.0 Å². The number of hydrogen-bond acceptors (Lipinski definition) is 7. The second-order valence-corrected chi connectivity index (χ2v) is 6.08. The largest absolute Gasteiger partial charge is 0.378 e. The number of nitrogens with two attached hydrogens (primary N) is 1. The minimum absolute atomic E-state index is 0.0326. The minimum Gasteiger partial charge on any atom is -0.378 e. The molecule has 1 unspecified atom stereocenters. The van der Waals surface area contributed by atoms with Crippen molar-refractivity contribution >= 4 is 17.5 Å². The topological polar surface area (TPSA) is 157 Å². The molecule has 2 heterocycles. The predicted molar refractivity (Wildman–Crippen MR) is 87.4 cm³/mol. The third-order valence-corrected chi connectivity index (χ3v) is 4.38. The average molecular weight is 360 g/mol. The van der Waals surface area contributed by atoms with Gasteiger partial charge in [-0.3, -0.25) is 19.7 Å². The number of amides is 2. The number of nitro groups is 1. The van der Waals surface area contributed by atoms with Crippen LogP contribution in [0.2, 0.25) is 0 Å². The van der Waals surface area contributed by atoms with Crippen LogP contribution in [0.4, 0.5) is 5.69 Å². The number of aliphatic hydroxyl groups is 1. The van der Waals surface area contributed by atoms with Crippen molar-refractivity contribution in [1.29, 1.82) is 0 Å². The molecular formula is C15H16N6O5. The van der Waals surface area contributed by atoms with Crippen molar-refractivity contribution in [3.8, 4) is 5.69 Å². The lowest BCUT2D eigenvalue weighted by Gasteiger charge is -2.19. The van der Waals surface area contributed by atoms with E-state index < -0.39 is 22.3 Å². The molecule has 0 radical (unpaired) electrons. The van der Waals surface area contributed by atoms with Crippen LogP contribution in [-0.4, -0.2) is 60.4 Å². The first kappa shape index (κ1) is 17.5. The second kappa shape index (κ2) is 6.19. The summed E-state index contributed by atoms with van der Waals surface area (Å²) in [6.07, 6.45) is 0.0478. The molecule has 2 aromatic rings. The molecule has 1 aliphatic rings. The highest BCUT2D eigenvalue weighted by Crippen LogP contribution is 2.24. The standard InChI is InChI=1S/C15H16N6O5/c1-9-12(13(22)19-6-5-15(24,8-19)14(16)23)17-18-20(9)10-3-2-4-11(7-10)21(25)26/h2-4,7,24H,5-6,8H2,1H3,(H2,16,23). The first-order chi connectivity index (χ1) is 12.2. The highest BCUT2D eigenvalue weighted by molar-refractivity contribution is 5.95. The average Bonchev–Trinajstić information content (AvgIpc) is 3.19. The Morgan fingerprint density at radius 2 is 2.15 bits per heavy atom. The van der Waals surface area contributed by atoms with Crippen molar-refractivity contribution in [2.45, 2.75) is 18.9 Å². The summed E-state index contributed by atoms with van der Waals surface area (Å²) in [5.41, 5.74) is 4.10. The number of likely N-dealkylation sites (tertiary alicyclic amines) is 1. The molecule has 1 atom stereocenters. The lowest BCUT2D eigenvalue weighted by atomic mass is 10.0.